The van der Waals surface area contributed by atoms with Gasteiger partial charge in [0, 0.05) is 53.3 Å². The molecule has 0 saturated carbocycles. The summed E-state index contributed by atoms with van der Waals surface area (Å²) in [6.45, 7) is 13.8. The van der Waals surface area contributed by atoms with Gasteiger partial charge in [-0.15, -0.1) is 0 Å². The first-order valence-electron chi connectivity index (χ1n) is 12.0. The Morgan fingerprint density at radius 1 is 1.09 bits per heavy atom. The van der Waals surface area contributed by atoms with Crippen molar-refractivity contribution in [3.05, 3.63) is 54.0 Å². The van der Waals surface area contributed by atoms with Crippen molar-refractivity contribution < 1.29 is 14.6 Å². The number of aromatic nitrogens is 2. The van der Waals surface area contributed by atoms with Gasteiger partial charge in [-0.05, 0) is 52.0 Å². The number of piperidine rings is 1. The highest BCUT2D eigenvalue weighted by atomic mass is 16.5. The normalized spacial score (nSPS) is 17.1. The monoisotopic (exact) mass is 461 g/mol. The van der Waals surface area contributed by atoms with Crippen LogP contribution in [0.25, 0.3) is 22.0 Å². The van der Waals surface area contributed by atoms with Crippen molar-refractivity contribution in [2.75, 3.05) is 18.0 Å². The number of carbonyl (C=O) groups is 1. The van der Waals surface area contributed by atoms with Gasteiger partial charge in [0.2, 0.25) is 0 Å². The number of nitrogens with zero attached hydrogens (tertiary/aromatic N) is 3. The lowest BCUT2D eigenvalue weighted by molar-refractivity contribution is -0.160. The molecular formula is C28H35N3O3. The number of anilines is 1. The first kappa shape index (κ1) is 24.1. The Balaban J connectivity index is 1.99. The molecule has 1 fully saturated rings. The van der Waals surface area contributed by atoms with Crippen LogP contribution < -0.4 is 4.90 Å². The van der Waals surface area contributed by atoms with Crippen LogP contribution in [0.5, 0.6) is 0 Å². The molecule has 0 radical (unpaired) electrons. The summed E-state index contributed by atoms with van der Waals surface area (Å²) in [5.41, 5.74) is 4.56. The van der Waals surface area contributed by atoms with Crippen molar-refractivity contribution in [2.24, 2.45) is 5.41 Å². The largest absolute Gasteiger partial charge is 0.479 e. The van der Waals surface area contributed by atoms with E-state index in [0.717, 1.165) is 53.6 Å². The van der Waals surface area contributed by atoms with Crippen molar-refractivity contribution in [1.82, 2.24) is 9.97 Å². The Hall–Kier alpha value is -2.99. The summed E-state index contributed by atoms with van der Waals surface area (Å²) in [6, 6.07) is 10.1. The summed E-state index contributed by atoms with van der Waals surface area (Å²) >= 11 is 0. The third kappa shape index (κ3) is 4.92. The van der Waals surface area contributed by atoms with Gasteiger partial charge in [-0.2, -0.15) is 0 Å². The molecule has 4 rings (SSSR count). The van der Waals surface area contributed by atoms with E-state index in [1.165, 1.54) is 0 Å². The van der Waals surface area contributed by atoms with E-state index in [9.17, 15) is 9.90 Å². The van der Waals surface area contributed by atoms with Crippen molar-refractivity contribution in [3.8, 4) is 11.1 Å². The Morgan fingerprint density at radius 2 is 1.76 bits per heavy atom. The number of hydrogen-bond donors (Lipinski definition) is 1. The van der Waals surface area contributed by atoms with Gasteiger partial charge >= 0.3 is 5.97 Å². The number of aliphatic carboxylic acids is 1. The number of carboxylic acids is 1. The molecule has 0 aliphatic carbocycles. The molecule has 34 heavy (non-hydrogen) atoms. The highest BCUT2D eigenvalue weighted by molar-refractivity contribution is 5.98. The molecule has 1 atom stereocenters. The lowest BCUT2D eigenvalue weighted by Crippen LogP contribution is -2.39. The maximum Gasteiger partial charge on any atom is 0.337 e. The quantitative estimate of drug-likeness (QED) is 0.489. The van der Waals surface area contributed by atoms with E-state index >= 15 is 0 Å². The Morgan fingerprint density at radius 3 is 2.41 bits per heavy atom. The van der Waals surface area contributed by atoms with E-state index in [4.69, 9.17) is 4.74 Å². The minimum Gasteiger partial charge on any atom is -0.479 e. The molecule has 0 amide bonds. The van der Waals surface area contributed by atoms with E-state index < -0.39 is 17.7 Å². The van der Waals surface area contributed by atoms with Gasteiger partial charge < -0.3 is 14.7 Å². The van der Waals surface area contributed by atoms with Crippen LogP contribution in [0.15, 0.2) is 42.7 Å². The summed E-state index contributed by atoms with van der Waals surface area (Å²) in [5, 5.41) is 11.3. The summed E-state index contributed by atoms with van der Waals surface area (Å²) in [4.78, 5) is 24.2. The molecule has 0 spiro atoms. The number of ether oxygens (including phenoxy) is 1. The zero-order valence-electron chi connectivity index (χ0n) is 21.1. The van der Waals surface area contributed by atoms with Gasteiger partial charge in [-0.3, -0.25) is 9.97 Å². The zero-order chi connectivity index (χ0) is 24.7. The molecule has 1 aliphatic heterocycles. The SMILES string of the molecule is Cc1ncc(-c2cccc3cccnc23)c(N2CCC(C)(C)CC2)c1[C@H](OC(C)(C)C)C(=O)O. The summed E-state index contributed by atoms with van der Waals surface area (Å²) in [7, 11) is 0. The number of benzene rings is 1. The Labute approximate surface area is 202 Å². The first-order chi connectivity index (χ1) is 16.0. The Kier molecular flexibility index (Phi) is 6.38. The maximum atomic E-state index is 12.5. The number of hydrogen-bond acceptors (Lipinski definition) is 5. The van der Waals surface area contributed by atoms with E-state index in [1.54, 1.807) is 6.20 Å². The summed E-state index contributed by atoms with van der Waals surface area (Å²) in [5.74, 6) is -1.01. The van der Waals surface area contributed by atoms with E-state index in [1.807, 2.05) is 64.2 Å². The number of rotatable bonds is 5. The zero-order valence-corrected chi connectivity index (χ0v) is 21.1. The average molecular weight is 462 g/mol. The van der Waals surface area contributed by atoms with E-state index in [2.05, 4.69) is 28.7 Å². The fourth-order valence-corrected chi connectivity index (χ4v) is 4.70. The molecule has 1 saturated heterocycles. The lowest BCUT2D eigenvalue weighted by atomic mass is 9.82. The van der Waals surface area contributed by atoms with Gasteiger partial charge in [-0.1, -0.05) is 38.1 Å². The molecule has 0 bridgehead atoms. The third-order valence-corrected chi connectivity index (χ3v) is 6.60. The molecule has 1 aromatic carbocycles. The van der Waals surface area contributed by atoms with Crippen LogP contribution >= 0.6 is 0 Å². The van der Waals surface area contributed by atoms with Gasteiger partial charge in [0.05, 0.1) is 16.8 Å². The second-order valence-electron chi connectivity index (χ2n) is 11.0. The van der Waals surface area contributed by atoms with Gasteiger partial charge in [0.25, 0.3) is 0 Å². The van der Waals surface area contributed by atoms with Crippen LogP contribution in [0.4, 0.5) is 5.69 Å². The lowest BCUT2D eigenvalue weighted by Gasteiger charge is -2.41. The summed E-state index contributed by atoms with van der Waals surface area (Å²) in [6.07, 6.45) is 4.59. The number of aryl methyl sites for hydroxylation is 1. The molecule has 1 aliphatic rings. The molecule has 0 unspecified atom stereocenters. The number of pyridine rings is 2. The first-order valence-corrected chi connectivity index (χ1v) is 12.0. The standard InChI is InChI=1S/C28H35N3O3/c1-18-22(25(26(32)33)34-27(2,3)4)24(31-15-12-28(5,6)13-16-31)21(17-30-18)20-11-7-9-19-10-8-14-29-23(19)20/h7-11,14,17,25H,12-13,15-16H2,1-6H3,(H,32,33)/t25-/m0/s1. The van der Waals surface area contributed by atoms with Crippen molar-refractivity contribution in [2.45, 2.75) is 66.1 Å². The predicted octanol–water partition coefficient (Wildman–Crippen LogP) is 6.17. The molecule has 3 aromatic rings. The molecule has 3 heterocycles. The molecule has 2 aromatic heterocycles. The predicted molar refractivity (Wildman–Crippen MR) is 136 cm³/mol. The smallest absolute Gasteiger partial charge is 0.337 e. The van der Waals surface area contributed by atoms with Crippen LogP contribution in [0.1, 0.15) is 64.8 Å². The number of para-hydroxylation sites is 1. The molecule has 6 nitrogen and oxygen atoms in total. The van der Waals surface area contributed by atoms with Crippen molar-refractivity contribution >= 4 is 22.6 Å². The van der Waals surface area contributed by atoms with Crippen LogP contribution in [-0.2, 0) is 9.53 Å². The minimum absolute atomic E-state index is 0.258. The van der Waals surface area contributed by atoms with Crippen LogP contribution in [-0.4, -0.2) is 39.7 Å². The number of fused-ring (bicyclic) bond motifs is 1. The van der Waals surface area contributed by atoms with Crippen molar-refractivity contribution in [1.29, 1.82) is 0 Å². The minimum atomic E-state index is -1.12. The van der Waals surface area contributed by atoms with Crippen LogP contribution in [0.2, 0.25) is 0 Å². The van der Waals surface area contributed by atoms with Crippen LogP contribution in [0.3, 0.4) is 0 Å². The maximum absolute atomic E-state index is 12.5. The Bertz CT molecular complexity index is 1200. The van der Waals surface area contributed by atoms with E-state index in [0.29, 0.717) is 11.3 Å². The molecule has 6 heteroatoms. The van der Waals surface area contributed by atoms with Crippen LogP contribution in [0, 0.1) is 12.3 Å². The highest BCUT2D eigenvalue weighted by Gasteiger charge is 2.36. The van der Waals surface area contributed by atoms with E-state index in [-0.39, 0.29) is 5.41 Å². The molecule has 1 N–H and O–H groups in total. The highest BCUT2D eigenvalue weighted by Crippen LogP contribution is 2.44. The second-order valence-corrected chi connectivity index (χ2v) is 11.0. The molecular weight excluding hydrogens is 426 g/mol. The van der Waals surface area contributed by atoms with Gasteiger partial charge in [-0.25, -0.2) is 4.79 Å². The topological polar surface area (TPSA) is 75.5 Å². The second kappa shape index (κ2) is 8.99. The summed E-state index contributed by atoms with van der Waals surface area (Å²) < 4.78 is 6.14. The van der Waals surface area contributed by atoms with Gasteiger partial charge in [0.15, 0.2) is 6.10 Å². The number of carboxylic acid groups (broad SMARTS) is 1. The average Bonchev–Trinajstić information content (AvgIpc) is 2.77. The van der Waals surface area contributed by atoms with Gasteiger partial charge in [0.1, 0.15) is 0 Å². The fourth-order valence-electron chi connectivity index (χ4n) is 4.70. The van der Waals surface area contributed by atoms with Crippen molar-refractivity contribution in [3.63, 3.8) is 0 Å². The molecule has 180 valence electrons. The third-order valence-electron chi connectivity index (χ3n) is 6.60. The fraction of sp³-hybridized carbons (Fsp3) is 0.464.